The first-order chi connectivity index (χ1) is 13.7. The van der Waals surface area contributed by atoms with Crippen molar-refractivity contribution >= 4 is 38.3 Å². The van der Waals surface area contributed by atoms with Gasteiger partial charge >= 0.3 is 5.97 Å². The van der Waals surface area contributed by atoms with Crippen LogP contribution in [-0.2, 0) is 4.74 Å². The molecule has 0 saturated carbocycles. The number of nitrogens with one attached hydrogen (secondary N) is 1. The Morgan fingerprint density at radius 3 is 2.57 bits per heavy atom. The normalized spacial score (nSPS) is 10.6. The van der Waals surface area contributed by atoms with Crippen molar-refractivity contribution in [3.05, 3.63) is 66.5 Å². The molecule has 7 heteroatoms. The zero-order valence-electron chi connectivity index (χ0n) is 15.3. The van der Waals surface area contributed by atoms with Crippen molar-refractivity contribution in [2.24, 2.45) is 0 Å². The van der Waals surface area contributed by atoms with Gasteiger partial charge in [0.05, 0.1) is 36.2 Å². The van der Waals surface area contributed by atoms with Crippen molar-refractivity contribution in [2.75, 3.05) is 19.5 Å². The Morgan fingerprint density at radius 2 is 1.82 bits per heavy atom. The van der Waals surface area contributed by atoms with Crippen molar-refractivity contribution in [1.82, 2.24) is 9.97 Å². The Hall–Kier alpha value is -3.45. The third-order valence-corrected chi connectivity index (χ3v) is 5.16. The van der Waals surface area contributed by atoms with E-state index in [1.807, 2.05) is 36.5 Å². The lowest BCUT2D eigenvalue weighted by Gasteiger charge is -2.03. The third-order valence-electron chi connectivity index (χ3n) is 4.23. The fourth-order valence-corrected chi connectivity index (χ4v) is 3.70. The van der Waals surface area contributed by atoms with Crippen LogP contribution in [0.25, 0.3) is 21.3 Å². The molecule has 6 nitrogen and oxygen atoms in total. The molecular weight excluding hydrogens is 374 g/mol. The molecule has 28 heavy (non-hydrogen) atoms. The Bertz CT molecular complexity index is 1140. The fourth-order valence-electron chi connectivity index (χ4n) is 2.78. The van der Waals surface area contributed by atoms with E-state index in [1.165, 1.54) is 7.11 Å². The number of hydrogen-bond acceptors (Lipinski definition) is 7. The van der Waals surface area contributed by atoms with Gasteiger partial charge in [0.1, 0.15) is 5.75 Å². The quantitative estimate of drug-likeness (QED) is 0.488. The topological polar surface area (TPSA) is 73.3 Å². The first-order valence-corrected chi connectivity index (χ1v) is 9.33. The number of hydrogen-bond donors (Lipinski definition) is 1. The highest BCUT2D eigenvalue weighted by molar-refractivity contribution is 7.22. The van der Waals surface area contributed by atoms with Crippen LogP contribution in [0.5, 0.6) is 5.75 Å². The van der Waals surface area contributed by atoms with Gasteiger partial charge in [0.15, 0.2) is 5.13 Å². The molecule has 4 aromatic rings. The summed E-state index contributed by atoms with van der Waals surface area (Å²) < 4.78 is 11.0. The number of rotatable bonds is 5. The molecular formula is C21H17N3O3S. The average Bonchev–Trinajstić information content (AvgIpc) is 3.15. The van der Waals surface area contributed by atoms with Crippen LogP contribution in [0.3, 0.4) is 0 Å². The van der Waals surface area contributed by atoms with E-state index in [4.69, 9.17) is 9.47 Å². The molecule has 4 rings (SSSR count). The number of pyridine rings is 1. The molecule has 0 saturated heterocycles. The largest absolute Gasteiger partial charge is 0.495 e. The molecule has 0 atom stereocenters. The number of ether oxygens (including phenoxy) is 2. The van der Waals surface area contributed by atoms with E-state index in [2.05, 4.69) is 21.4 Å². The molecule has 0 aliphatic carbocycles. The molecule has 0 bridgehead atoms. The third kappa shape index (κ3) is 3.65. The summed E-state index contributed by atoms with van der Waals surface area (Å²) in [4.78, 5) is 20.4. The first kappa shape index (κ1) is 17.9. The number of methoxy groups -OCH3 is 2. The summed E-state index contributed by atoms with van der Waals surface area (Å²) in [6, 6.07) is 15.1. The summed E-state index contributed by atoms with van der Waals surface area (Å²) in [6.07, 6.45) is 3.50. The Kier molecular flexibility index (Phi) is 4.90. The van der Waals surface area contributed by atoms with Gasteiger partial charge in [-0.25, -0.2) is 9.78 Å². The Labute approximate surface area is 165 Å². The molecule has 0 spiro atoms. The molecule has 0 unspecified atom stereocenters. The smallest absolute Gasteiger partial charge is 0.337 e. The van der Waals surface area contributed by atoms with Crippen LogP contribution in [0.15, 0.2) is 60.9 Å². The lowest BCUT2D eigenvalue weighted by molar-refractivity contribution is 0.0601. The van der Waals surface area contributed by atoms with E-state index in [0.29, 0.717) is 5.56 Å². The highest BCUT2D eigenvalue weighted by Crippen LogP contribution is 2.32. The molecule has 0 fully saturated rings. The van der Waals surface area contributed by atoms with Crippen molar-refractivity contribution in [3.8, 4) is 16.9 Å². The summed E-state index contributed by atoms with van der Waals surface area (Å²) in [5.41, 5.74) is 4.31. The van der Waals surface area contributed by atoms with Gasteiger partial charge in [-0.1, -0.05) is 17.4 Å². The molecule has 1 N–H and O–H groups in total. The number of aromatic nitrogens is 2. The van der Waals surface area contributed by atoms with Gasteiger partial charge in [0.25, 0.3) is 0 Å². The number of carbonyl (C=O) groups excluding carboxylic acids is 1. The van der Waals surface area contributed by atoms with E-state index >= 15 is 0 Å². The van der Waals surface area contributed by atoms with E-state index in [0.717, 1.165) is 37.9 Å². The Morgan fingerprint density at radius 1 is 1.00 bits per heavy atom. The molecule has 2 heterocycles. The van der Waals surface area contributed by atoms with Crippen LogP contribution in [0.4, 0.5) is 10.8 Å². The predicted octanol–water partition coefficient (Wildman–Crippen LogP) is 4.90. The molecule has 140 valence electrons. The predicted molar refractivity (Wildman–Crippen MR) is 110 cm³/mol. The number of fused-ring (bicyclic) bond motifs is 1. The highest BCUT2D eigenvalue weighted by atomic mass is 32.1. The molecule has 2 aromatic heterocycles. The highest BCUT2D eigenvalue weighted by Gasteiger charge is 2.09. The van der Waals surface area contributed by atoms with Gasteiger partial charge < -0.3 is 14.8 Å². The molecule has 0 amide bonds. The number of carbonyl (C=O) groups is 1. The average molecular weight is 391 g/mol. The fraction of sp³-hybridized carbons (Fsp3) is 0.0952. The summed E-state index contributed by atoms with van der Waals surface area (Å²) in [5.74, 6) is 0.366. The standard InChI is InChI=1S/C21H17N3O3S/c1-26-17-9-15(11-22-12-17)14-5-8-18-19(10-14)28-21(24-18)23-16-6-3-13(4-7-16)20(25)27-2/h3-12H,1-2H3,(H,23,24). The molecule has 0 aliphatic rings. The summed E-state index contributed by atoms with van der Waals surface area (Å²) in [5, 5.41) is 4.06. The van der Waals surface area contributed by atoms with Crippen LogP contribution < -0.4 is 10.1 Å². The minimum atomic E-state index is -0.355. The monoisotopic (exact) mass is 391 g/mol. The number of nitrogens with zero attached hydrogens (tertiary/aromatic N) is 2. The number of esters is 1. The van der Waals surface area contributed by atoms with Crippen LogP contribution in [-0.4, -0.2) is 30.2 Å². The minimum Gasteiger partial charge on any atom is -0.495 e. The van der Waals surface area contributed by atoms with Gasteiger partial charge in [0.2, 0.25) is 0 Å². The van der Waals surface area contributed by atoms with Gasteiger partial charge in [-0.15, -0.1) is 0 Å². The Balaban J connectivity index is 1.58. The minimum absolute atomic E-state index is 0.355. The van der Waals surface area contributed by atoms with E-state index in [9.17, 15) is 4.79 Å². The second kappa shape index (κ2) is 7.66. The lowest BCUT2D eigenvalue weighted by atomic mass is 10.1. The molecule has 2 aromatic carbocycles. The van der Waals surface area contributed by atoms with E-state index in [-0.39, 0.29) is 5.97 Å². The van der Waals surface area contributed by atoms with Crippen LogP contribution >= 0.6 is 11.3 Å². The van der Waals surface area contributed by atoms with E-state index in [1.54, 1.807) is 36.8 Å². The number of thiazole rings is 1. The van der Waals surface area contributed by atoms with Gasteiger partial charge in [-0.3, -0.25) is 4.98 Å². The summed E-state index contributed by atoms with van der Waals surface area (Å²) >= 11 is 1.56. The maximum absolute atomic E-state index is 11.5. The van der Waals surface area contributed by atoms with Gasteiger partial charge in [-0.2, -0.15) is 0 Å². The lowest BCUT2D eigenvalue weighted by Crippen LogP contribution is -2.00. The molecule has 0 radical (unpaired) electrons. The maximum atomic E-state index is 11.5. The van der Waals surface area contributed by atoms with Crippen molar-refractivity contribution in [1.29, 1.82) is 0 Å². The van der Waals surface area contributed by atoms with Crippen LogP contribution in [0.2, 0.25) is 0 Å². The summed E-state index contributed by atoms with van der Waals surface area (Å²) in [7, 11) is 2.99. The number of benzene rings is 2. The second-order valence-corrected chi connectivity index (χ2v) is 7.04. The van der Waals surface area contributed by atoms with Crippen LogP contribution in [0.1, 0.15) is 10.4 Å². The summed E-state index contributed by atoms with van der Waals surface area (Å²) in [6.45, 7) is 0. The van der Waals surface area contributed by atoms with E-state index < -0.39 is 0 Å². The zero-order chi connectivity index (χ0) is 19.5. The zero-order valence-corrected chi connectivity index (χ0v) is 16.1. The second-order valence-electron chi connectivity index (χ2n) is 6.01. The first-order valence-electron chi connectivity index (χ1n) is 8.51. The maximum Gasteiger partial charge on any atom is 0.337 e. The SMILES string of the molecule is COC(=O)c1ccc(Nc2nc3ccc(-c4cncc(OC)c4)cc3s2)cc1. The van der Waals surface area contributed by atoms with Crippen molar-refractivity contribution < 1.29 is 14.3 Å². The van der Waals surface area contributed by atoms with Gasteiger partial charge in [-0.05, 0) is 48.0 Å². The van der Waals surface area contributed by atoms with Gasteiger partial charge in [0, 0.05) is 17.4 Å². The molecule has 0 aliphatic heterocycles. The number of anilines is 2. The van der Waals surface area contributed by atoms with Crippen molar-refractivity contribution in [3.63, 3.8) is 0 Å². The van der Waals surface area contributed by atoms with Crippen molar-refractivity contribution in [2.45, 2.75) is 0 Å². The van der Waals surface area contributed by atoms with Crippen LogP contribution in [0, 0.1) is 0 Å².